The molecule has 2 aromatic rings. The zero-order valence-corrected chi connectivity index (χ0v) is 21.9. The Hall–Kier alpha value is -2.04. The van der Waals surface area contributed by atoms with Crippen LogP contribution in [0.4, 0.5) is 0 Å². The monoisotopic (exact) mass is 453 g/mol. The largest absolute Gasteiger partial charge is 0.507 e. The van der Waals surface area contributed by atoms with E-state index in [9.17, 15) is 5.11 Å². The Kier molecular flexibility index (Phi) is 7.80. The Morgan fingerprint density at radius 1 is 1.00 bits per heavy atom. The molecule has 1 heterocycles. The minimum Gasteiger partial charge on any atom is -0.507 e. The third kappa shape index (κ3) is 4.93. The van der Waals surface area contributed by atoms with Gasteiger partial charge in [-0.2, -0.15) is 0 Å². The van der Waals surface area contributed by atoms with Crippen LogP contribution in [0.25, 0.3) is 0 Å². The topological polar surface area (TPSA) is 32.7 Å². The van der Waals surface area contributed by atoms with Gasteiger partial charge in [-0.05, 0) is 89.7 Å². The van der Waals surface area contributed by atoms with Gasteiger partial charge in [0.15, 0.2) is 0 Å². The van der Waals surface area contributed by atoms with E-state index < -0.39 is 0 Å². The number of para-hydroxylation sites is 2. The highest BCUT2D eigenvalue weighted by Gasteiger charge is 2.54. The van der Waals surface area contributed by atoms with Crippen molar-refractivity contribution in [3.05, 3.63) is 59.7 Å². The van der Waals surface area contributed by atoms with Crippen LogP contribution in [0.3, 0.4) is 0 Å². The second kappa shape index (κ2) is 10.1. The summed E-state index contributed by atoms with van der Waals surface area (Å²) >= 11 is 0. The summed E-state index contributed by atoms with van der Waals surface area (Å²) in [5, 5.41) is 10.5. The van der Waals surface area contributed by atoms with Gasteiger partial charge in [0.2, 0.25) is 0 Å². The summed E-state index contributed by atoms with van der Waals surface area (Å²) in [7, 11) is 4.15. The van der Waals surface area contributed by atoms with Crippen molar-refractivity contribution in [3.8, 4) is 11.5 Å². The van der Waals surface area contributed by atoms with E-state index in [0.717, 1.165) is 61.2 Å². The molecule has 33 heavy (non-hydrogen) atoms. The first-order valence-corrected chi connectivity index (χ1v) is 12.6. The highest BCUT2D eigenvalue weighted by Crippen LogP contribution is 2.43. The lowest BCUT2D eigenvalue weighted by molar-refractivity contribution is -0.973. The van der Waals surface area contributed by atoms with Crippen LogP contribution in [0, 0.1) is 0 Å². The van der Waals surface area contributed by atoms with Crippen LogP contribution in [-0.2, 0) is 6.54 Å². The van der Waals surface area contributed by atoms with Gasteiger partial charge in [0.05, 0.1) is 26.2 Å². The van der Waals surface area contributed by atoms with E-state index in [0.29, 0.717) is 11.7 Å². The number of piperidine rings is 1. The van der Waals surface area contributed by atoms with Crippen molar-refractivity contribution in [1.29, 1.82) is 0 Å². The smallest absolute Gasteiger partial charge is 0.124 e. The second-order valence-electron chi connectivity index (χ2n) is 11.0. The fraction of sp³-hybridized carbons (Fsp3) is 0.586. The van der Waals surface area contributed by atoms with Crippen molar-refractivity contribution in [2.45, 2.75) is 77.4 Å². The summed E-state index contributed by atoms with van der Waals surface area (Å²) in [6.07, 6.45) is 3.41. The first-order valence-electron chi connectivity index (χ1n) is 12.6. The van der Waals surface area contributed by atoms with Gasteiger partial charge in [-0.15, -0.1) is 0 Å². The van der Waals surface area contributed by atoms with E-state index >= 15 is 0 Å². The Morgan fingerprint density at radius 3 is 2.21 bits per heavy atom. The standard InChI is InChI=1S/C29H44N2O2/c1-8-21-31(6,22-24-13-9-11-15-26(24)32)29(4,5)28(2,3)30-19-17-23(18-20-30)25-14-10-12-16-27(25)33-7/h9-16,23H,8,17-22H2,1-7H3/p+1. The first-order chi connectivity index (χ1) is 15.6. The molecule has 0 aliphatic carbocycles. The maximum Gasteiger partial charge on any atom is 0.124 e. The summed E-state index contributed by atoms with van der Waals surface area (Å²) in [6.45, 7) is 16.0. The number of likely N-dealkylation sites (N-methyl/N-ethyl adjacent to an activating group) is 1. The Morgan fingerprint density at radius 2 is 1.61 bits per heavy atom. The van der Waals surface area contributed by atoms with Crippen molar-refractivity contribution in [2.24, 2.45) is 0 Å². The molecule has 0 aromatic heterocycles. The highest BCUT2D eigenvalue weighted by molar-refractivity contribution is 5.36. The van der Waals surface area contributed by atoms with Crippen LogP contribution in [0.1, 0.15) is 70.9 Å². The molecule has 1 N–H and O–H groups in total. The van der Waals surface area contributed by atoms with E-state index in [1.54, 1.807) is 7.11 Å². The van der Waals surface area contributed by atoms with Crippen LogP contribution >= 0.6 is 0 Å². The minimum absolute atomic E-state index is 0.00688. The molecule has 4 heteroatoms. The zero-order valence-electron chi connectivity index (χ0n) is 21.9. The predicted molar refractivity (Wildman–Crippen MR) is 138 cm³/mol. The van der Waals surface area contributed by atoms with E-state index in [1.165, 1.54) is 5.56 Å². The molecular formula is C29H45N2O2+. The van der Waals surface area contributed by atoms with Crippen molar-refractivity contribution in [2.75, 3.05) is 33.8 Å². The quantitative estimate of drug-likeness (QED) is 0.459. The van der Waals surface area contributed by atoms with Crippen LogP contribution in [0.2, 0.25) is 0 Å². The molecule has 0 bridgehead atoms. The van der Waals surface area contributed by atoms with Crippen molar-refractivity contribution in [3.63, 3.8) is 0 Å². The lowest BCUT2D eigenvalue weighted by Crippen LogP contribution is -2.72. The van der Waals surface area contributed by atoms with Crippen molar-refractivity contribution < 1.29 is 14.3 Å². The average Bonchev–Trinajstić information content (AvgIpc) is 2.80. The number of ether oxygens (including phenoxy) is 1. The van der Waals surface area contributed by atoms with E-state index in [1.807, 2.05) is 18.2 Å². The molecule has 0 saturated carbocycles. The number of phenols is 1. The number of hydrogen-bond acceptors (Lipinski definition) is 3. The molecule has 1 atom stereocenters. The molecule has 182 valence electrons. The van der Waals surface area contributed by atoms with Gasteiger partial charge >= 0.3 is 0 Å². The SMILES string of the molecule is CCC[N+](C)(Cc1ccccc1O)C(C)(C)C(C)(C)N1CCC(c2ccccc2OC)CC1. The van der Waals surface area contributed by atoms with Gasteiger partial charge in [0, 0.05) is 5.56 Å². The second-order valence-corrected chi connectivity index (χ2v) is 11.0. The maximum atomic E-state index is 10.5. The van der Waals surface area contributed by atoms with Crippen LogP contribution < -0.4 is 4.74 Å². The van der Waals surface area contributed by atoms with Gasteiger partial charge in [-0.1, -0.05) is 37.3 Å². The molecule has 1 fully saturated rings. The lowest BCUT2D eigenvalue weighted by Gasteiger charge is -2.59. The maximum absolute atomic E-state index is 10.5. The molecule has 1 aliphatic heterocycles. The summed E-state index contributed by atoms with van der Waals surface area (Å²) < 4.78 is 6.54. The molecular weight excluding hydrogens is 408 g/mol. The molecule has 1 aliphatic rings. The van der Waals surface area contributed by atoms with Gasteiger partial charge in [-0.3, -0.25) is 4.90 Å². The predicted octanol–water partition coefficient (Wildman–Crippen LogP) is 6.19. The molecule has 1 unspecified atom stereocenters. The summed E-state index contributed by atoms with van der Waals surface area (Å²) in [4.78, 5) is 2.70. The molecule has 2 aromatic carbocycles. The average molecular weight is 454 g/mol. The molecule has 0 radical (unpaired) electrons. The lowest BCUT2D eigenvalue weighted by atomic mass is 9.75. The number of nitrogens with zero attached hydrogens (tertiary/aromatic N) is 2. The highest BCUT2D eigenvalue weighted by atomic mass is 16.5. The summed E-state index contributed by atoms with van der Waals surface area (Å²) in [5.74, 6) is 1.98. The van der Waals surface area contributed by atoms with E-state index in [4.69, 9.17) is 4.74 Å². The summed E-state index contributed by atoms with van der Waals surface area (Å²) in [5.41, 5.74) is 2.35. The molecule has 0 amide bonds. The van der Waals surface area contributed by atoms with Crippen molar-refractivity contribution in [1.82, 2.24) is 4.90 Å². The Bertz CT molecular complexity index is 915. The molecule has 0 spiro atoms. The third-order valence-electron chi connectivity index (χ3n) is 8.94. The van der Waals surface area contributed by atoms with E-state index in [-0.39, 0.29) is 11.1 Å². The van der Waals surface area contributed by atoms with Gasteiger partial charge in [0.1, 0.15) is 23.6 Å². The number of hydrogen-bond donors (Lipinski definition) is 1. The molecule has 4 nitrogen and oxygen atoms in total. The number of rotatable bonds is 9. The minimum atomic E-state index is -0.0252. The first kappa shape index (κ1) is 25.6. The molecule has 3 rings (SSSR count). The van der Waals surface area contributed by atoms with Crippen LogP contribution in [-0.4, -0.2) is 59.4 Å². The number of quaternary nitrogens is 1. The number of benzene rings is 2. The normalized spacial score (nSPS) is 18.2. The zero-order chi connectivity index (χ0) is 24.3. The van der Waals surface area contributed by atoms with Gasteiger partial charge < -0.3 is 14.3 Å². The number of phenolic OH excluding ortho intramolecular Hbond substituents is 1. The summed E-state index contributed by atoms with van der Waals surface area (Å²) in [6, 6.07) is 16.3. The van der Waals surface area contributed by atoms with E-state index in [2.05, 4.69) is 76.9 Å². The number of methoxy groups -OCH3 is 1. The van der Waals surface area contributed by atoms with Crippen molar-refractivity contribution >= 4 is 0 Å². The third-order valence-corrected chi connectivity index (χ3v) is 8.94. The Balaban J connectivity index is 1.81. The molecule has 1 saturated heterocycles. The van der Waals surface area contributed by atoms with Gasteiger partial charge in [-0.25, -0.2) is 0 Å². The van der Waals surface area contributed by atoms with Gasteiger partial charge in [0.25, 0.3) is 0 Å². The fourth-order valence-corrected chi connectivity index (χ4v) is 5.87. The van der Waals surface area contributed by atoms with Crippen LogP contribution in [0.5, 0.6) is 11.5 Å². The fourth-order valence-electron chi connectivity index (χ4n) is 5.87. The van der Waals surface area contributed by atoms with Crippen LogP contribution in [0.15, 0.2) is 48.5 Å². The number of likely N-dealkylation sites (tertiary alicyclic amines) is 1. The Labute approximate surface area is 201 Å². The number of aromatic hydroxyl groups is 1.